The lowest BCUT2D eigenvalue weighted by molar-refractivity contribution is 0.270. The summed E-state index contributed by atoms with van der Waals surface area (Å²) in [6.45, 7) is 4.27. The molecule has 0 radical (unpaired) electrons. The standard InChI is InChI=1S/C9H21OP3/c1-3-5-6-8-9(7-4-2)10-13(11)12/h4,7,9H,3,5-6,8,11-12H2,1-2H3/b7-4+. The molecule has 0 fully saturated rings. The van der Waals surface area contributed by atoms with Crippen LogP contribution in [-0.2, 0) is 4.52 Å². The SMILES string of the molecule is C/C=C/C(CCCCC)OP(P)P. The van der Waals surface area contributed by atoms with Crippen molar-refractivity contribution < 1.29 is 4.52 Å². The molecule has 0 aromatic carbocycles. The van der Waals surface area contributed by atoms with Crippen LogP contribution in [0.1, 0.15) is 39.5 Å². The second-order valence-electron chi connectivity index (χ2n) is 3.03. The average molecular weight is 238 g/mol. The summed E-state index contributed by atoms with van der Waals surface area (Å²) in [6, 6.07) is 0. The Labute approximate surface area is 88.1 Å². The molecule has 4 heteroatoms. The molecule has 78 valence electrons. The van der Waals surface area contributed by atoms with Crippen LogP contribution in [0, 0.1) is 0 Å². The van der Waals surface area contributed by atoms with Crippen molar-refractivity contribution in [2.45, 2.75) is 45.6 Å². The van der Waals surface area contributed by atoms with Gasteiger partial charge in [-0.25, -0.2) is 0 Å². The van der Waals surface area contributed by atoms with Crippen molar-refractivity contribution in [2.75, 3.05) is 0 Å². The van der Waals surface area contributed by atoms with Crippen molar-refractivity contribution in [1.82, 2.24) is 0 Å². The van der Waals surface area contributed by atoms with Crippen LogP contribution in [0.25, 0.3) is 0 Å². The highest BCUT2D eigenvalue weighted by molar-refractivity contribution is 8.41. The molecule has 3 unspecified atom stereocenters. The van der Waals surface area contributed by atoms with Crippen molar-refractivity contribution in [3.8, 4) is 0 Å². The van der Waals surface area contributed by atoms with Crippen LogP contribution in [0.15, 0.2) is 12.2 Å². The van der Waals surface area contributed by atoms with E-state index in [2.05, 4.69) is 36.9 Å². The molecule has 0 heterocycles. The van der Waals surface area contributed by atoms with Crippen LogP contribution in [0.4, 0.5) is 0 Å². The Bertz CT molecular complexity index is 137. The van der Waals surface area contributed by atoms with Gasteiger partial charge in [-0.1, -0.05) is 56.2 Å². The van der Waals surface area contributed by atoms with Crippen LogP contribution in [0.2, 0.25) is 0 Å². The van der Waals surface area contributed by atoms with E-state index in [0.717, 1.165) is 6.42 Å². The van der Waals surface area contributed by atoms with Crippen molar-refractivity contribution in [3.05, 3.63) is 12.2 Å². The minimum atomic E-state index is -0.390. The summed E-state index contributed by atoms with van der Waals surface area (Å²) in [7, 11) is 5.01. The van der Waals surface area contributed by atoms with Gasteiger partial charge in [-0.05, 0) is 13.3 Å². The fourth-order valence-electron chi connectivity index (χ4n) is 1.15. The van der Waals surface area contributed by atoms with Gasteiger partial charge in [0.15, 0.2) is 0 Å². The van der Waals surface area contributed by atoms with E-state index < -0.39 is 7.53 Å². The maximum Gasteiger partial charge on any atom is 0.0807 e. The molecular weight excluding hydrogens is 217 g/mol. The van der Waals surface area contributed by atoms with Crippen LogP contribution in [0.3, 0.4) is 0 Å². The van der Waals surface area contributed by atoms with E-state index in [1.807, 2.05) is 6.92 Å². The molecular formula is C9H21OP3. The summed E-state index contributed by atoms with van der Waals surface area (Å²) in [4.78, 5) is 0. The maximum absolute atomic E-state index is 5.74. The third-order valence-corrected chi connectivity index (χ3v) is 3.00. The van der Waals surface area contributed by atoms with Gasteiger partial charge in [-0.3, -0.25) is 0 Å². The molecule has 0 aromatic heterocycles. The zero-order valence-corrected chi connectivity index (χ0v) is 11.8. The van der Waals surface area contributed by atoms with Crippen LogP contribution in [-0.4, -0.2) is 6.10 Å². The number of hydrogen-bond acceptors (Lipinski definition) is 1. The fourth-order valence-corrected chi connectivity index (χ4v) is 2.58. The molecule has 0 aliphatic heterocycles. The Kier molecular flexibility index (Phi) is 10.3. The molecule has 13 heavy (non-hydrogen) atoms. The molecule has 0 saturated heterocycles. The largest absolute Gasteiger partial charge is 0.344 e. The highest BCUT2D eigenvalue weighted by Gasteiger charge is 2.06. The first kappa shape index (κ1) is 14.0. The third kappa shape index (κ3) is 9.30. The van der Waals surface area contributed by atoms with Gasteiger partial charge < -0.3 is 4.52 Å². The molecule has 0 aliphatic carbocycles. The summed E-state index contributed by atoms with van der Waals surface area (Å²) in [6.07, 6.45) is 9.55. The van der Waals surface area contributed by atoms with E-state index in [1.165, 1.54) is 19.3 Å². The summed E-state index contributed by atoms with van der Waals surface area (Å²) >= 11 is 0. The van der Waals surface area contributed by atoms with Crippen molar-refractivity contribution in [2.24, 2.45) is 0 Å². The monoisotopic (exact) mass is 238 g/mol. The molecule has 0 N–H and O–H groups in total. The summed E-state index contributed by atoms with van der Waals surface area (Å²) < 4.78 is 5.74. The molecule has 0 aliphatic rings. The molecule has 0 bridgehead atoms. The molecule has 0 aromatic rings. The second-order valence-corrected chi connectivity index (χ2v) is 8.80. The van der Waals surface area contributed by atoms with Gasteiger partial charge in [-0.2, -0.15) is 0 Å². The zero-order chi connectivity index (χ0) is 10.1. The lowest BCUT2D eigenvalue weighted by atomic mass is 10.1. The van der Waals surface area contributed by atoms with Gasteiger partial charge in [-0.15, -0.1) is 0 Å². The zero-order valence-electron chi connectivity index (χ0n) is 8.57. The van der Waals surface area contributed by atoms with Gasteiger partial charge in [0.1, 0.15) is 0 Å². The normalized spacial score (nSPS) is 14.2. The Morgan fingerprint density at radius 1 is 1.38 bits per heavy atom. The van der Waals surface area contributed by atoms with Crippen molar-refractivity contribution >= 4 is 25.4 Å². The summed E-state index contributed by atoms with van der Waals surface area (Å²) in [5.74, 6) is 0. The molecule has 1 nitrogen and oxygen atoms in total. The molecule has 3 atom stereocenters. The first-order chi connectivity index (χ1) is 6.20. The Balaban J connectivity index is 3.67. The smallest absolute Gasteiger partial charge is 0.0807 e. The van der Waals surface area contributed by atoms with E-state index >= 15 is 0 Å². The average Bonchev–Trinajstić information content (AvgIpc) is 2.04. The number of unbranched alkanes of at least 4 members (excludes halogenated alkanes) is 2. The minimum absolute atomic E-state index is 0.317. The predicted molar refractivity (Wildman–Crippen MR) is 70.2 cm³/mol. The van der Waals surface area contributed by atoms with Crippen LogP contribution < -0.4 is 0 Å². The Hall–Kier alpha value is 0.990. The highest BCUT2D eigenvalue weighted by atomic mass is 32.4. The van der Waals surface area contributed by atoms with Crippen LogP contribution in [0.5, 0.6) is 0 Å². The van der Waals surface area contributed by atoms with Gasteiger partial charge in [0.2, 0.25) is 0 Å². The van der Waals surface area contributed by atoms with Crippen molar-refractivity contribution in [1.29, 1.82) is 0 Å². The van der Waals surface area contributed by atoms with E-state index in [9.17, 15) is 0 Å². The maximum atomic E-state index is 5.74. The number of allylic oxidation sites excluding steroid dienone is 1. The molecule has 0 amide bonds. The minimum Gasteiger partial charge on any atom is -0.344 e. The van der Waals surface area contributed by atoms with Crippen LogP contribution >= 0.6 is 25.4 Å². The van der Waals surface area contributed by atoms with E-state index in [4.69, 9.17) is 4.52 Å². The first-order valence-corrected chi connectivity index (χ1v) is 9.29. The van der Waals surface area contributed by atoms with Gasteiger partial charge in [0, 0.05) is 0 Å². The quantitative estimate of drug-likeness (QED) is 0.360. The van der Waals surface area contributed by atoms with Gasteiger partial charge in [0.25, 0.3) is 0 Å². The summed E-state index contributed by atoms with van der Waals surface area (Å²) in [5.41, 5.74) is 0. The topological polar surface area (TPSA) is 9.23 Å². The lowest BCUT2D eigenvalue weighted by Gasteiger charge is -2.16. The fraction of sp³-hybridized carbons (Fsp3) is 0.778. The van der Waals surface area contributed by atoms with Crippen molar-refractivity contribution in [3.63, 3.8) is 0 Å². The predicted octanol–water partition coefficient (Wildman–Crippen LogP) is 4.51. The van der Waals surface area contributed by atoms with Gasteiger partial charge in [0.05, 0.1) is 13.6 Å². The number of rotatable bonds is 7. The van der Waals surface area contributed by atoms with E-state index in [0.29, 0.717) is 6.10 Å². The Morgan fingerprint density at radius 2 is 2.08 bits per heavy atom. The highest BCUT2D eigenvalue weighted by Crippen LogP contribution is 2.55. The lowest BCUT2D eigenvalue weighted by Crippen LogP contribution is -2.04. The van der Waals surface area contributed by atoms with E-state index in [-0.39, 0.29) is 0 Å². The molecule has 0 spiro atoms. The van der Waals surface area contributed by atoms with E-state index in [1.54, 1.807) is 0 Å². The Morgan fingerprint density at radius 3 is 2.54 bits per heavy atom. The molecule has 0 saturated carbocycles. The molecule has 0 rings (SSSR count). The first-order valence-electron chi connectivity index (χ1n) is 4.79. The third-order valence-electron chi connectivity index (χ3n) is 1.76. The number of hydrogen-bond donors (Lipinski definition) is 0. The summed E-state index contributed by atoms with van der Waals surface area (Å²) in [5, 5.41) is 0. The van der Waals surface area contributed by atoms with Gasteiger partial charge >= 0.3 is 0 Å². The second kappa shape index (κ2) is 9.54.